The van der Waals surface area contributed by atoms with Crippen molar-refractivity contribution in [1.29, 1.82) is 0 Å². The van der Waals surface area contributed by atoms with Crippen LogP contribution in [0.5, 0.6) is 0 Å². The average Bonchev–Trinajstić information content (AvgIpc) is 2.70. The van der Waals surface area contributed by atoms with Crippen molar-refractivity contribution in [3.05, 3.63) is 18.5 Å². The van der Waals surface area contributed by atoms with Gasteiger partial charge in [0.25, 0.3) is 0 Å². The van der Waals surface area contributed by atoms with Crippen molar-refractivity contribution in [3.8, 4) is 0 Å². The Morgan fingerprint density at radius 1 is 1.53 bits per heavy atom. The third-order valence-electron chi connectivity index (χ3n) is 2.18. The second-order valence-electron chi connectivity index (χ2n) is 3.63. The van der Waals surface area contributed by atoms with E-state index in [1.165, 1.54) is 0 Å². The molecule has 0 aliphatic rings. The van der Waals surface area contributed by atoms with Crippen LogP contribution in [0.15, 0.2) is 18.5 Å². The van der Waals surface area contributed by atoms with Gasteiger partial charge in [0.15, 0.2) is 0 Å². The summed E-state index contributed by atoms with van der Waals surface area (Å²) >= 11 is 0. The normalized spacial score (nSPS) is 12.9. The van der Waals surface area contributed by atoms with Crippen LogP contribution in [-0.4, -0.2) is 35.6 Å². The maximum absolute atomic E-state index is 5.26. The largest absolute Gasteiger partial charge is 0.382 e. The summed E-state index contributed by atoms with van der Waals surface area (Å²) in [5.74, 6) is 0. The molecule has 1 N–H and O–H groups in total. The molecular weight excluding hydrogens is 190 g/mol. The lowest BCUT2D eigenvalue weighted by molar-refractivity contribution is 0.144. The van der Waals surface area contributed by atoms with E-state index < -0.39 is 0 Å². The lowest BCUT2D eigenvalue weighted by Crippen LogP contribution is -2.31. The predicted octanol–water partition coefficient (Wildman–Crippen LogP) is 1.29. The summed E-state index contributed by atoms with van der Waals surface area (Å²) in [6.07, 6.45) is 4.86. The third kappa shape index (κ3) is 5.54. The zero-order valence-electron chi connectivity index (χ0n) is 9.65. The molecule has 0 bridgehead atoms. The lowest BCUT2D eigenvalue weighted by atomic mass is 10.3. The summed E-state index contributed by atoms with van der Waals surface area (Å²) in [7, 11) is 0. The van der Waals surface area contributed by atoms with Crippen molar-refractivity contribution in [2.24, 2.45) is 0 Å². The molecular formula is C11H21N3O. The molecule has 4 nitrogen and oxygen atoms in total. The molecule has 0 spiro atoms. The Labute approximate surface area is 91.6 Å². The highest BCUT2D eigenvalue weighted by Crippen LogP contribution is 1.91. The Bertz CT molecular complexity index is 236. The van der Waals surface area contributed by atoms with E-state index in [-0.39, 0.29) is 0 Å². The quantitative estimate of drug-likeness (QED) is 0.659. The molecule has 1 aromatic rings. The Balaban J connectivity index is 2.01. The zero-order chi connectivity index (χ0) is 10.9. The molecule has 0 aromatic carbocycles. The van der Waals surface area contributed by atoms with Gasteiger partial charge in [0.2, 0.25) is 0 Å². The molecule has 86 valence electrons. The maximum atomic E-state index is 5.26. The number of ether oxygens (including phenoxy) is 1. The smallest absolute Gasteiger partial charge is 0.0559 e. The van der Waals surface area contributed by atoms with Gasteiger partial charge in [-0.3, -0.25) is 4.68 Å². The first-order valence-electron chi connectivity index (χ1n) is 5.61. The van der Waals surface area contributed by atoms with Gasteiger partial charge in [-0.1, -0.05) is 0 Å². The van der Waals surface area contributed by atoms with Gasteiger partial charge < -0.3 is 10.1 Å². The fraction of sp³-hybridized carbons (Fsp3) is 0.727. The molecule has 15 heavy (non-hydrogen) atoms. The molecule has 1 rings (SSSR count). The first kappa shape index (κ1) is 12.2. The summed E-state index contributed by atoms with van der Waals surface area (Å²) in [4.78, 5) is 0. The Morgan fingerprint density at radius 3 is 3.07 bits per heavy atom. The van der Waals surface area contributed by atoms with E-state index >= 15 is 0 Å². The minimum atomic E-state index is 0.450. The third-order valence-corrected chi connectivity index (χ3v) is 2.18. The van der Waals surface area contributed by atoms with Gasteiger partial charge in [0.1, 0.15) is 0 Å². The van der Waals surface area contributed by atoms with Crippen molar-refractivity contribution in [1.82, 2.24) is 15.1 Å². The minimum absolute atomic E-state index is 0.450. The van der Waals surface area contributed by atoms with Crippen LogP contribution in [0.4, 0.5) is 0 Å². The number of nitrogens with one attached hydrogen (secondary N) is 1. The molecule has 1 aromatic heterocycles. The molecule has 1 atom stereocenters. The van der Waals surface area contributed by atoms with Crippen LogP contribution in [-0.2, 0) is 11.3 Å². The van der Waals surface area contributed by atoms with E-state index in [9.17, 15) is 0 Å². The first-order valence-corrected chi connectivity index (χ1v) is 5.61. The number of aromatic nitrogens is 2. The van der Waals surface area contributed by atoms with Crippen molar-refractivity contribution < 1.29 is 4.74 Å². The van der Waals surface area contributed by atoms with Crippen molar-refractivity contribution >= 4 is 0 Å². The van der Waals surface area contributed by atoms with Crippen LogP contribution in [0, 0.1) is 0 Å². The van der Waals surface area contributed by atoms with E-state index in [2.05, 4.69) is 17.3 Å². The van der Waals surface area contributed by atoms with Crippen LogP contribution in [0.25, 0.3) is 0 Å². The molecule has 1 heterocycles. The Hall–Kier alpha value is -0.870. The monoisotopic (exact) mass is 211 g/mol. The number of hydrogen-bond donors (Lipinski definition) is 1. The van der Waals surface area contributed by atoms with E-state index in [4.69, 9.17) is 4.74 Å². The molecule has 0 saturated carbocycles. The van der Waals surface area contributed by atoms with E-state index in [1.807, 2.05) is 30.1 Å². The highest BCUT2D eigenvalue weighted by atomic mass is 16.5. The van der Waals surface area contributed by atoms with Crippen LogP contribution in [0.3, 0.4) is 0 Å². The standard InChI is InChI=1S/C11H21N3O/c1-3-15-9-5-6-12-11(2)10-14-8-4-7-13-14/h4,7-8,11-12H,3,5-6,9-10H2,1-2H3. The molecule has 1 unspecified atom stereocenters. The summed E-state index contributed by atoms with van der Waals surface area (Å²) in [6.45, 7) is 7.76. The van der Waals surface area contributed by atoms with Gasteiger partial charge in [0.05, 0.1) is 6.54 Å². The van der Waals surface area contributed by atoms with E-state index in [0.717, 1.165) is 32.7 Å². The van der Waals surface area contributed by atoms with Gasteiger partial charge >= 0.3 is 0 Å². The van der Waals surface area contributed by atoms with Crippen LogP contribution in [0.2, 0.25) is 0 Å². The summed E-state index contributed by atoms with van der Waals surface area (Å²) in [5.41, 5.74) is 0. The fourth-order valence-corrected chi connectivity index (χ4v) is 1.42. The van der Waals surface area contributed by atoms with Crippen molar-refractivity contribution in [2.45, 2.75) is 32.9 Å². The van der Waals surface area contributed by atoms with E-state index in [1.54, 1.807) is 0 Å². The highest BCUT2D eigenvalue weighted by molar-refractivity contribution is 4.78. The van der Waals surface area contributed by atoms with Crippen molar-refractivity contribution in [3.63, 3.8) is 0 Å². The molecule has 0 radical (unpaired) electrons. The predicted molar refractivity (Wildman–Crippen MR) is 60.8 cm³/mol. The number of hydrogen-bond acceptors (Lipinski definition) is 3. The summed E-state index contributed by atoms with van der Waals surface area (Å²) < 4.78 is 7.21. The molecule has 0 fully saturated rings. The van der Waals surface area contributed by atoms with Gasteiger partial charge in [-0.15, -0.1) is 0 Å². The lowest BCUT2D eigenvalue weighted by Gasteiger charge is -2.13. The van der Waals surface area contributed by atoms with Gasteiger partial charge in [-0.05, 0) is 32.9 Å². The van der Waals surface area contributed by atoms with Crippen LogP contribution >= 0.6 is 0 Å². The van der Waals surface area contributed by atoms with Gasteiger partial charge in [-0.25, -0.2) is 0 Å². The van der Waals surface area contributed by atoms with Gasteiger partial charge in [-0.2, -0.15) is 5.10 Å². The average molecular weight is 211 g/mol. The molecule has 0 aliphatic heterocycles. The van der Waals surface area contributed by atoms with Crippen molar-refractivity contribution in [2.75, 3.05) is 19.8 Å². The summed E-state index contributed by atoms with van der Waals surface area (Å²) in [6, 6.07) is 2.40. The first-order chi connectivity index (χ1) is 7.33. The van der Waals surface area contributed by atoms with Crippen LogP contribution < -0.4 is 5.32 Å². The fourth-order valence-electron chi connectivity index (χ4n) is 1.42. The molecule has 0 aliphatic carbocycles. The minimum Gasteiger partial charge on any atom is -0.382 e. The second-order valence-corrected chi connectivity index (χ2v) is 3.63. The maximum Gasteiger partial charge on any atom is 0.0559 e. The Morgan fingerprint density at radius 2 is 2.40 bits per heavy atom. The molecule has 4 heteroatoms. The zero-order valence-corrected chi connectivity index (χ0v) is 9.65. The number of nitrogens with zero attached hydrogens (tertiary/aromatic N) is 2. The number of rotatable bonds is 8. The molecule has 0 saturated heterocycles. The topological polar surface area (TPSA) is 39.1 Å². The van der Waals surface area contributed by atoms with Crippen LogP contribution in [0.1, 0.15) is 20.3 Å². The van der Waals surface area contributed by atoms with Gasteiger partial charge in [0, 0.05) is 31.6 Å². The second kappa shape index (κ2) is 7.43. The Kier molecular flexibility index (Phi) is 6.04. The summed E-state index contributed by atoms with van der Waals surface area (Å²) in [5, 5.41) is 7.60. The van der Waals surface area contributed by atoms with E-state index in [0.29, 0.717) is 6.04 Å². The SMILES string of the molecule is CCOCCCNC(C)Cn1cccn1. The highest BCUT2D eigenvalue weighted by Gasteiger charge is 2.01. The molecule has 0 amide bonds.